The predicted octanol–water partition coefficient (Wildman–Crippen LogP) is 0.713. The lowest BCUT2D eigenvalue weighted by molar-refractivity contribution is 0.199. The quantitative estimate of drug-likeness (QED) is 0.752. The summed E-state index contributed by atoms with van der Waals surface area (Å²) in [6.07, 6.45) is 0.545. The van der Waals surface area contributed by atoms with Gasteiger partial charge in [0, 0.05) is 32.7 Å². The highest BCUT2D eigenvalue weighted by Gasteiger charge is 2.36. The highest BCUT2D eigenvalue weighted by molar-refractivity contribution is 7.89. The second kappa shape index (κ2) is 6.26. The van der Waals surface area contributed by atoms with Crippen molar-refractivity contribution in [2.75, 3.05) is 13.7 Å². The molecule has 0 spiro atoms. The zero-order valence-electron chi connectivity index (χ0n) is 14.2. The molecule has 10 heteroatoms. The van der Waals surface area contributed by atoms with E-state index in [0.29, 0.717) is 37.0 Å². The van der Waals surface area contributed by atoms with Crippen LogP contribution in [0.15, 0.2) is 4.52 Å². The Bertz CT molecular complexity index is 839. The van der Waals surface area contributed by atoms with Crippen molar-refractivity contribution >= 4 is 10.0 Å². The van der Waals surface area contributed by atoms with Gasteiger partial charge in [0.05, 0.1) is 24.1 Å². The molecule has 0 saturated carbocycles. The fourth-order valence-electron chi connectivity index (χ4n) is 2.66. The van der Waals surface area contributed by atoms with Gasteiger partial charge in [0.2, 0.25) is 10.0 Å². The highest BCUT2D eigenvalue weighted by Crippen LogP contribution is 2.33. The number of nitrogens with zero attached hydrogens (tertiary/aromatic N) is 5. The number of ether oxygens (including phenoxy) is 1. The maximum absolute atomic E-state index is 12.4. The Labute approximate surface area is 140 Å². The molecule has 0 unspecified atom stereocenters. The third-order valence-corrected chi connectivity index (χ3v) is 6.26. The molecule has 1 aliphatic heterocycles. The average molecular weight is 355 g/mol. The van der Waals surface area contributed by atoms with Crippen LogP contribution in [0.4, 0.5) is 0 Å². The maximum Gasteiger partial charge on any atom is 0.278 e. The Morgan fingerprint density at radius 1 is 1.33 bits per heavy atom. The van der Waals surface area contributed by atoms with Crippen molar-refractivity contribution in [3.05, 3.63) is 17.1 Å². The first-order chi connectivity index (χ1) is 11.3. The summed E-state index contributed by atoms with van der Waals surface area (Å²) < 4.78 is 38.3. The van der Waals surface area contributed by atoms with E-state index in [9.17, 15) is 8.42 Å². The number of aryl methyl sites for hydroxylation is 1. The first kappa shape index (κ1) is 17.1. The Morgan fingerprint density at radius 2 is 2.08 bits per heavy atom. The van der Waals surface area contributed by atoms with Gasteiger partial charge in [0.15, 0.2) is 11.5 Å². The maximum atomic E-state index is 12.4. The van der Waals surface area contributed by atoms with Crippen molar-refractivity contribution in [2.45, 2.75) is 38.6 Å². The molecule has 0 amide bonds. The molecule has 24 heavy (non-hydrogen) atoms. The van der Waals surface area contributed by atoms with Crippen LogP contribution in [0.5, 0.6) is 0 Å². The predicted molar refractivity (Wildman–Crippen MR) is 85.4 cm³/mol. The van der Waals surface area contributed by atoms with Gasteiger partial charge in [-0.2, -0.15) is 14.4 Å². The highest BCUT2D eigenvalue weighted by atomic mass is 32.2. The van der Waals surface area contributed by atoms with Crippen LogP contribution >= 0.6 is 0 Å². The molecule has 0 aliphatic carbocycles. The summed E-state index contributed by atoms with van der Waals surface area (Å²) in [6.45, 7) is 4.44. The number of fused-ring (bicyclic) bond motifs is 1. The summed E-state index contributed by atoms with van der Waals surface area (Å²) in [5.41, 5.74) is 2.22. The van der Waals surface area contributed by atoms with E-state index in [-0.39, 0.29) is 6.54 Å². The molecule has 1 aliphatic rings. The van der Waals surface area contributed by atoms with Gasteiger partial charge < -0.3 is 9.26 Å². The van der Waals surface area contributed by atoms with Crippen LogP contribution in [-0.4, -0.2) is 51.6 Å². The summed E-state index contributed by atoms with van der Waals surface area (Å²) >= 11 is 0. The molecule has 132 valence electrons. The molecule has 9 nitrogen and oxygen atoms in total. The first-order valence-corrected chi connectivity index (χ1v) is 9.20. The van der Waals surface area contributed by atoms with E-state index < -0.39 is 15.3 Å². The van der Waals surface area contributed by atoms with Crippen molar-refractivity contribution in [3.8, 4) is 11.6 Å². The van der Waals surface area contributed by atoms with Gasteiger partial charge in [-0.25, -0.2) is 8.42 Å². The standard InChI is InChI=1S/C14H21N5O4S/c1-9(2)24(20,21)19-7-10-11(8-19)18(3)16-13(10)14-15-12(17-23-14)5-6-22-4/h9H,5-8H2,1-4H3. The molecule has 0 saturated heterocycles. The van der Waals surface area contributed by atoms with Gasteiger partial charge in [0.1, 0.15) is 0 Å². The number of hydrogen-bond acceptors (Lipinski definition) is 7. The topological polar surface area (TPSA) is 103 Å². The summed E-state index contributed by atoms with van der Waals surface area (Å²) in [5, 5.41) is 7.87. The molecule has 0 bridgehead atoms. The number of aromatic nitrogens is 4. The van der Waals surface area contributed by atoms with Crippen molar-refractivity contribution < 1.29 is 17.7 Å². The molecule has 0 atom stereocenters. The number of rotatable bonds is 6. The number of methoxy groups -OCH3 is 1. The molecule has 3 rings (SSSR count). The molecule has 0 aromatic carbocycles. The minimum absolute atomic E-state index is 0.273. The minimum Gasteiger partial charge on any atom is -0.384 e. The molecular weight excluding hydrogens is 334 g/mol. The van der Waals surface area contributed by atoms with Crippen molar-refractivity contribution in [2.24, 2.45) is 7.05 Å². The lowest BCUT2D eigenvalue weighted by Gasteiger charge is -2.18. The van der Waals surface area contributed by atoms with E-state index in [0.717, 1.165) is 11.3 Å². The van der Waals surface area contributed by atoms with Crippen molar-refractivity contribution in [1.82, 2.24) is 24.2 Å². The molecule has 0 fully saturated rings. The SMILES string of the molecule is COCCc1noc(-c2nn(C)c3c2CN(S(=O)(=O)C(C)C)C3)n1. The molecule has 2 aromatic rings. The third kappa shape index (κ3) is 2.85. The smallest absolute Gasteiger partial charge is 0.278 e. The van der Waals surface area contributed by atoms with Crippen molar-refractivity contribution in [3.63, 3.8) is 0 Å². The zero-order chi connectivity index (χ0) is 17.5. The van der Waals surface area contributed by atoms with Crippen LogP contribution in [0.1, 0.15) is 30.9 Å². The van der Waals surface area contributed by atoms with Crippen LogP contribution in [0.2, 0.25) is 0 Å². The van der Waals surface area contributed by atoms with Gasteiger partial charge in [-0.05, 0) is 13.8 Å². The monoisotopic (exact) mass is 355 g/mol. The molecular formula is C14H21N5O4S. The van der Waals surface area contributed by atoms with Gasteiger partial charge >= 0.3 is 0 Å². The number of hydrogen-bond donors (Lipinski definition) is 0. The Morgan fingerprint density at radius 3 is 2.75 bits per heavy atom. The second-order valence-corrected chi connectivity index (χ2v) is 8.51. The Hall–Kier alpha value is -1.78. The third-order valence-electron chi connectivity index (χ3n) is 4.09. The number of sulfonamides is 1. The lowest BCUT2D eigenvalue weighted by Crippen LogP contribution is -2.32. The van der Waals surface area contributed by atoms with E-state index >= 15 is 0 Å². The fourth-order valence-corrected chi connectivity index (χ4v) is 3.87. The van der Waals surface area contributed by atoms with Gasteiger partial charge in [-0.1, -0.05) is 5.16 Å². The molecule has 3 heterocycles. The second-order valence-electron chi connectivity index (χ2n) is 6.02. The van der Waals surface area contributed by atoms with Crippen LogP contribution in [0.25, 0.3) is 11.6 Å². The summed E-state index contributed by atoms with van der Waals surface area (Å²) in [7, 11) is 0.0676. The van der Waals surface area contributed by atoms with E-state index in [2.05, 4.69) is 15.2 Å². The molecule has 0 radical (unpaired) electrons. The zero-order valence-corrected chi connectivity index (χ0v) is 15.0. The van der Waals surface area contributed by atoms with Gasteiger partial charge in [0.25, 0.3) is 5.89 Å². The average Bonchev–Trinajstić information content (AvgIpc) is 3.22. The Kier molecular flexibility index (Phi) is 4.45. The summed E-state index contributed by atoms with van der Waals surface area (Å²) in [5.74, 6) is 0.845. The van der Waals surface area contributed by atoms with Crippen LogP contribution in [0.3, 0.4) is 0 Å². The molecule has 2 aromatic heterocycles. The van der Waals surface area contributed by atoms with E-state index in [1.54, 1.807) is 32.7 Å². The summed E-state index contributed by atoms with van der Waals surface area (Å²) in [4.78, 5) is 4.33. The normalized spacial score (nSPS) is 15.4. The van der Waals surface area contributed by atoms with E-state index in [4.69, 9.17) is 9.26 Å². The lowest BCUT2D eigenvalue weighted by atomic mass is 10.2. The van der Waals surface area contributed by atoms with Crippen LogP contribution < -0.4 is 0 Å². The van der Waals surface area contributed by atoms with Crippen LogP contribution in [-0.2, 0) is 41.3 Å². The first-order valence-electron chi connectivity index (χ1n) is 7.70. The fraction of sp³-hybridized carbons (Fsp3) is 0.643. The Balaban J connectivity index is 1.90. The largest absolute Gasteiger partial charge is 0.384 e. The van der Waals surface area contributed by atoms with Crippen LogP contribution in [0, 0.1) is 0 Å². The van der Waals surface area contributed by atoms with E-state index in [1.807, 2.05) is 0 Å². The van der Waals surface area contributed by atoms with E-state index in [1.165, 1.54) is 4.31 Å². The van der Waals surface area contributed by atoms with Gasteiger partial charge in [-0.3, -0.25) is 4.68 Å². The minimum atomic E-state index is -3.33. The van der Waals surface area contributed by atoms with Gasteiger partial charge in [-0.15, -0.1) is 0 Å². The molecule has 0 N–H and O–H groups in total. The van der Waals surface area contributed by atoms with Crippen molar-refractivity contribution in [1.29, 1.82) is 0 Å². The summed E-state index contributed by atoms with van der Waals surface area (Å²) in [6, 6.07) is 0.